The van der Waals surface area contributed by atoms with Gasteiger partial charge in [-0.1, -0.05) is 0 Å². The topological polar surface area (TPSA) is 155 Å². The van der Waals surface area contributed by atoms with Crippen molar-refractivity contribution < 1.29 is 58.3 Å². The molecule has 8 aromatic rings. The summed E-state index contributed by atoms with van der Waals surface area (Å²) in [6, 6.07) is 44.2. The first-order chi connectivity index (χ1) is 35.0. The number of benzene rings is 8. The van der Waals surface area contributed by atoms with Gasteiger partial charge in [-0.25, -0.2) is 0 Å². The molecular formula is C60H56O12. The van der Waals surface area contributed by atoms with Crippen molar-refractivity contribution in [2.45, 2.75) is 52.1 Å². The molecule has 8 aromatic carbocycles. The van der Waals surface area contributed by atoms with Gasteiger partial charge >= 0.3 is 0 Å². The Morgan fingerprint density at radius 1 is 0.264 bits per heavy atom. The molecule has 9 rings (SSSR count). The molecule has 0 fully saturated rings. The molecule has 0 amide bonds. The normalized spacial score (nSPS) is 11.8. The van der Waals surface area contributed by atoms with E-state index in [2.05, 4.69) is 0 Å². The maximum atomic E-state index is 12.3. The van der Waals surface area contributed by atoms with Crippen LogP contribution in [0.4, 0.5) is 0 Å². The van der Waals surface area contributed by atoms with Gasteiger partial charge in [0, 0.05) is 25.7 Å². The van der Waals surface area contributed by atoms with Crippen molar-refractivity contribution in [2.75, 3.05) is 28.4 Å². The standard InChI is InChI=1S/C60H56O12/c1-65-49-5-13-53(14-6-49)69-33-37-21-41-29-43-23-38(34-70-54-15-7-50(66-2)8-16-54)25-45(58(43)62)31-47-27-40(36-72-56-19-11-52(68-4)12-20-56)28-48(60(47)64)32-46-26-39(35-71-55-17-9-51(67-3)10-18-55)24-44(59(46)63)30-42(22-37)57(41)61/h5-28,61-64H,29-36H2,1-4H3. The Bertz CT molecular complexity index is 2630. The van der Waals surface area contributed by atoms with Gasteiger partial charge in [0.05, 0.1) is 28.4 Å². The van der Waals surface area contributed by atoms with Gasteiger partial charge in [-0.15, -0.1) is 0 Å². The first-order valence-electron chi connectivity index (χ1n) is 23.5. The van der Waals surface area contributed by atoms with Crippen LogP contribution in [0.15, 0.2) is 146 Å². The molecule has 0 aromatic heterocycles. The second kappa shape index (κ2) is 22.0. The monoisotopic (exact) mass is 968 g/mol. The largest absolute Gasteiger partial charge is 0.507 e. The predicted octanol–water partition coefficient (Wildman–Crippen LogP) is 11.5. The first-order valence-corrected chi connectivity index (χ1v) is 23.5. The molecule has 0 saturated heterocycles. The zero-order valence-corrected chi connectivity index (χ0v) is 40.6. The molecule has 0 saturated carbocycles. The summed E-state index contributed by atoms with van der Waals surface area (Å²) in [7, 11) is 6.43. The minimum atomic E-state index is 0.0151. The highest BCUT2D eigenvalue weighted by atomic mass is 16.5. The highest BCUT2D eigenvalue weighted by Gasteiger charge is 2.23. The van der Waals surface area contributed by atoms with Gasteiger partial charge in [-0.2, -0.15) is 0 Å². The van der Waals surface area contributed by atoms with E-state index in [1.54, 1.807) is 28.4 Å². The number of ether oxygens (including phenoxy) is 8. The molecule has 12 heteroatoms. The highest BCUT2D eigenvalue weighted by Crippen LogP contribution is 2.40. The maximum absolute atomic E-state index is 12.3. The molecule has 12 nitrogen and oxygen atoms in total. The van der Waals surface area contributed by atoms with Crippen LogP contribution in [0.3, 0.4) is 0 Å². The summed E-state index contributed by atoms with van der Waals surface area (Å²) in [5, 5.41) is 49.2. The lowest BCUT2D eigenvalue weighted by Gasteiger charge is -2.20. The Labute approximate surface area is 418 Å². The Morgan fingerprint density at radius 3 is 0.569 bits per heavy atom. The molecule has 4 N–H and O–H groups in total. The van der Waals surface area contributed by atoms with Gasteiger partial charge in [0.25, 0.3) is 0 Å². The number of methoxy groups -OCH3 is 4. The van der Waals surface area contributed by atoms with Crippen LogP contribution < -0.4 is 37.9 Å². The number of aromatic hydroxyl groups is 4. The SMILES string of the molecule is COc1ccc(OCc2cc3c(O)c(c2)Cc2cc(COc4ccc(OC)cc4)cc(c2O)Cc2cc(COc4ccc(OC)cc4)cc(c2O)Cc2cc(COc4ccc(OC)cc4)cc(c2O)C3)cc1. The van der Waals surface area contributed by atoms with Crippen LogP contribution in [-0.4, -0.2) is 48.9 Å². The number of phenolic OH excluding ortho intramolecular Hbond substituents is 4. The van der Waals surface area contributed by atoms with Crippen LogP contribution in [0.1, 0.15) is 66.8 Å². The van der Waals surface area contributed by atoms with Crippen molar-refractivity contribution in [3.05, 3.63) is 212 Å². The minimum Gasteiger partial charge on any atom is -0.507 e. The Balaban J connectivity index is 1.16. The summed E-state index contributed by atoms with van der Waals surface area (Å²) in [6.07, 6.45) is 0.462. The van der Waals surface area contributed by atoms with Crippen molar-refractivity contribution in [3.63, 3.8) is 0 Å². The van der Waals surface area contributed by atoms with E-state index in [-0.39, 0.29) is 75.1 Å². The van der Waals surface area contributed by atoms with Gasteiger partial charge in [0.1, 0.15) is 95.4 Å². The van der Waals surface area contributed by atoms with Crippen molar-refractivity contribution in [2.24, 2.45) is 0 Å². The van der Waals surface area contributed by atoms with Crippen molar-refractivity contribution in [1.29, 1.82) is 0 Å². The third-order valence-corrected chi connectivity index (χ3v) is 12.7. The zero-order chi connectivity index (χ0) is 50.1. The third-order valence-electron chi connectivity index (χ3n) is 12.7. The van der Waals surface area contributed by atoms with Gasteiger partial charge < -0.3 is 58.3 Å². The number of fused-ring (bicyclic) bond motifs is 8. The molecule has 1 aliphatic rings. The summed E-state index contributed by atoms with van der Waals surface area (Å²) in [5.41, 5.74) is 7.29. The van der Waals surface area contributed by atoms with E-state index in [4.69, 9.17) is 37.9 Å². The average Bonchev–Trinajstić information content (AvgIpc) is 3.41. The Kier molecular flexibility index (Phi) is 14.8. The fourth-order valence-corrected chi connectivity index (χ4v) is 8.92. The molecule has 0 heterocycles. The van der Waals surface area contributed by atoms with Crippen molar-refractivity contribution in [3.8, 4) is 69.0 Å². The average molecular weight is 969 g/mol. The second-order valence-corrected chi connectivity index (χ2v) is 17.6. The van der Waals surface area contributed by atoms with Gasteiger partial charge in [0.2, 0.25) is 0 Å². The Hall–Kier alpha value is -8.64. The highest BCUT2D eigenvalue weighted by molar-refractivity contribution is 5.58. The van der Waals surface area contributed by atoms with E-state index in [9.17, 15) is 20.4 Å². The molecule has 368 valence electrons. The first kappa shape index (κ1) is 48.4. The molecule has 0 spiro atoms. The van der Waals surface area contributed by atoms with E-state index >= 15 is 0 Å². The lowest BCUT2D eigenvalue weighted by Crippen LogP contribution is -2.06. The quantitative estimate of drug-likeness (QED) is 0.0728. The van der Waals surface area contributed by atoms with E-state index < -0.39 is 0 Å². The molecule has 0 radical (unpaired) electrons. The minimum absolute atomic E-state index is 0.0151. The van der Waals surface area contributed by atoms with Crippen LogP contribution in [0.5, 0.6) is 69.0 Å². The van der Waals surface area contributed by atoms with Crippen LogP contribution >= 0.6 is 0 Å². The van der Waals surface area contributed by atoms with Gasteiger partial charge in [-0.05, 0) is 212 Å². The maximum Gasteiger partial charge on any atom is 0.122 e. The second-order valence-electron chi connectivity index (χ2n) is 17.6. The predicted molar refractivity (Wildman–Crippen MR) is 273 cm³/mol. The van der Waals surface area contributed by atoms with Gasteiger partial charge in [-0.3, -0.25) is 0 Å². The lowest BCUT2D eigenvalue weighted by atomic mass is 9.88. The summed E-state index contributed by atoms with van der Waals surface area (Å²) >= 11 is 0. The smallest absolute Gasteiger partial charge is 0.122 e. The fraction of sp³-hybridized carbons (Fsp3) is 0.200. The number of hydrogen-bond acceptors (Lipinski definition) is 12. The van der Waals surface area contributed by atoms with E-state index in [0.717, 1.165) is 22.3 Å². The summed E-state index contributed by atoms with van der Waals surface area (Å²) in [6.45, 7) is 0.631. The Morgan fingerprint density at radius 2 is 0.417 bits per heavy atom. The van der Waals surface area contributed by atoms with Crippen molar-refractivity contribution in [1.82, 2.24) is 0 Å². The van der Waals surface area contributed by atoms with Crippen LogP contribution in [0, 0.1) is 0 Å². The van der Waals surface area contributed by atoms with Gasteiger partial charge in [0.15, 0.2) is 0 Å². The number of rotatable bonds is 16. The fourth-order valence-electron chi connectivity index (χ4n) is 8.92. The number of hydrogen-bond donors (Lipinski definition) is 4. The molecular weight excluding hydrogens is 913 g/mol. The van der Waals surface area contributed by atoms with E-state index in [0.29, 0.717) is 90.5 Å². The van der Waals surface area contributed by atoms with Crippen molar-refractivity contribution >= 4 is 0 Å². The van der Waals surface area contributed by atoms with Crippen LogP contribution in [-0.2, 0) is 52.1 Å². The summed E-state index contributed by atoms with van der Waals surface area (Å²) < 4.78 is 46.5. The summed E-state index contributed by atoms with van der Waals surface area (Å²) in [5.74, 6) is 5.36. The van der Waals surface area contributed by atoms with Crippen LogP contribution in [0.2, 0.25) is 0 Å². The zero-order valence-electron chi connectivity index (χ0n) is 40.6. The summed E-state index contributed by atoms with van der Waals surface area (Å²) in [4.78, 5) is 0. The molecule has 1 aliphatic carbocycles. The molecule has 8 bridgehead atoms. The van der Waals surface area contributed by atoms with Crippen LogP contribution in [0.25, 0.3) is 0 Å². The van der Waals surface area contributed by atoms with E-state index in [1.165, 1.54) is 0 Å². The molecule has 0 unspecified atom stereocenters. The number of phenols is 4. The van der Waals surface area contributed by atoms with E-state index in [1.807, 2.05) is 146 Å². The molecule has 0 atom stereocenters. The molecule has 72 heavy (non-hydrogen) atoms. The third kappa shape index (κ3) is 11.5. The lowest BCUT2D eigenvalue weighted by molar-refractivity contribution is 0.305. The molecule has 0 aliphatic heterocycles.